The predicted molar refractivity (Wildman–Crippen MR) is 84.7 cm³/mol. The standard InChI is InChI=1S/C15H29N5/c1-15(2,3)9-6-7-10-17-14(16-4)18-12-13-8-11-19-20(13)5/h8,11H,6-7,9-10,12H2,1-5H3,(H2,16,17,18). The molecule has 1 heterocycles. The second kappa shape index (κ2) is 7.92. The molecule has 2 N–H and O–H groups in total. The summed E-state index contributed by atoms with van der Waals surface area (Å²) in [7, 11) is 3.74. The Labute approximate surface area is 122 Å². The SMILES string of the molecule is CN=C(NCCCCC(C)(C)C)NCc1ccnn1C. The highest BCUT2D eigenvalue weighted by atomic mass is 15.3. The van der Waals surface area contributed by atoms with Crippen molar-refractivity contribution in [3.05, 3.63) is 18.0 Å². The molecule has 5 nitrogen and oxygen atoms in total. The molecule has 0 spiro atoms. The number of nitrogens with zero attached hydrogens (tertiary/aromatic N) is 3. The second-order valence-electron chi connectivity index (χ2n) is 6.32. The topological polar surface area (TPSA) is 54.2 Å². The third-order valence-electron chi connectivity index (χ3n) is 3.23. The van der Waals surface area contributed by atoms with E-state index in [1.807, 2.05) is 17.8 Å². The van der Waals surface area contributed by atoms with Crippen LogP contribution in [-0.2, 0) is 13.6 Å². The Hall–Kier alpha value is -1.52. The molecule has 114 valence electrons. The first-order valence-electron chi connectivity index (χ1n) is 7.34. The van der Waals surface area contributed by atoms with Crippen LogP contribution in [0, 0.1) is 5.41 Å². The predicted octanol–water partition coefficient (Wildman–Crippen LogP) is 2.30. The van der Waals surface area contributed by atoms with Crippen LogP contribution in [0.15, 0.2) is 17.3 Å². The maximum absolute atomic E-state index is 4.23. The minimum atomic E-state index is 0.430. The molecule has 0 amide bonds. The molecule has 0 aromatic carbocycles. The number of hydrogen-bond acceptors (Lipinski definition) is 2. The summed E-state index contributed by atoms with van der Waals surface area (Å²) in [4.78, 5) is 4.23. The summed E-state index contributed by atoms with van der Waals surface area (Å²) in [5.41, 5.74) is 1.57. The average molecular weight is 279 g/mol. The van der Waals surface area contributed by atoms with Crippen LogP contribution >= 0.6 is 0 Å². The van der Waals surface area contributed by atoms with E-state index in [4.69, 9.17) is 0 Å². The van der Waals surface area contributed by atoms with Crippen molar-refractivity contribution in [1.29, 1.82) is 0 Å². The minimum absolute atomic E-state index is 0.430. The lowest BCUT2D eigenvalue weighted by molar-refractivity contribution is 0.360. The smallest absolute Gasteiger partial charge is 0.191 e. The summed E-state index contributed by atoms with van der Waals surface area (Å²) in [6.07, 6.45) is 5.48. The van der Waals surface area contributed by atoms with Crippen LogP contribution in [0.4, 0.5) is 0 Å². The van der Waals surface area contributed by atoms with Gasteiger partial charge in [-0.15, -0.1) is 0 Å². The van der Waals surface area contributed by atoms with Crippen molar-refractivity contribution >= 4 is 5.96 Å². The molecule has 20 heavy (non-hydrogen) atoms. The van der Waals surface area contributed by atoms with Crippen molar-refractivity contribution in [3.8, 4) is 0 Å². The van der Waals surface area contributed by atoms with Crippen LogP contribution in [0.3, 0.4) is 0 Å². The van der Waals surface area contributed by atoms with E-state index in [0.717, 1.165) is 24.7 Å². The summed E-state index contributed by atoms with van der Waals surface area (Å²) in [5.74, 6) is 0.849. The highest BCUT2D eigenvalue weighted by molar-refractivity contribution is 5.79. The maximum Gasteiger partial charge on any atom is 0.191 e. The Balaban J connectivity index is 2.19. The molecule has 5 heteroatoms. The monoisotopic (exact) mass is 279 g/mol. The summed E-state index contributed by atoms with van der Waals surface area (Å²) in [6, 6.07) is 2.00. The normalized spacial score (nSPS) is 12.6. The lowest BCUT2D eigenvalue weighted by Gasteiger charge is -2.18. The average Bonchev–Trinajstić information content (AvgIpc) is 2.77. The first kappa shape index (κ1) is 16.5. The number of guanidine groups is 1. The number of aryl methyl sites for hydroxylation is 1. The van der Waals surface area contributed by atoms with E-state index < -0.39 is 0 Å². The Morgan fingerprint density at radius 2 is 2.05 bits per heavy atom. The number of rotatable bonds is 6. The zero-order valence-corrected chi connectivity index (χ0v) is 13.5. The van der Waals surface area contributed by atoms with Gasteiger partial charge in [0, 0.05) is 26.8 Å². The molecule has 0 aliphatic carbocycles. The number of nitrogens with one attached hydrogen (secondary N) is 2. The van der Waals surface area contributed by atoms with Gasteiger partial charge in [0.2, 0.25) is 0 Å². The van der Waals surface area contributed by atoms with Gasteiger partial charge in [-0.2, -0.15) is 5.10 Å². The van der Waals surface area contributed by atoms with Crippen LogP contribution in [-0.4, -0.2) is 29.3 Å². The summed E-state index contributed by atoms with van der Waals surface area (Å²) < 4.78 is 1.86. The first-order chi connectivity index (χ1) is 9.42. The van der Waals surface area contributed by atoms with E-state index >= 15 is 0 Å². The van der Waals surface area contributed by atoms with Crippen molar-refractivity contribution in [2.45, 2.75) is 46.6 Å². The molecule has 0 fully saturated rings. The Kier molecular flexibility index (Phi) is 6.55. The molecule has 1 rings (SSSR count). The molecular weight excluding hydrogens is 250 g/mol. The van der Waals surface area contributed by atoms with E-state index in [1.54, 1.807) is 13.2 Å². The fourth-order valence-electron chi connectivity index (χ4n) is 1.96. The van der Waals surface area contributed by atoms with Crippen LogP contribution in [0.2, 0.25) is 0 Å². The van der Waals surface area contributed by atoms with E-state index in [2.05, 4.69) is 41.5 Å². The van der Waals surface area contributed by atoms with Gasteiger partial charge in [0.15, 0.2) is 5.96 Å². The molecule has 1 aromatic rings. The van der Waals surface area contributed by atoms with E-state index in [-0.39, 0.29) is 0 Å². The van der Waals surface area contributed by atoms with Crippen molar-refractivity contribution in [3.63, 3.8) is 0 Å². The van der Waals surface area contributed by atoms with Gasteiger partial charge < -0.3 is 10.6 Å². The summed E-state index contributed by atoms with van der Waals surface area (Å²) in [6.45, 7) is 8.55. The van der Waals surface area contributed by atoms with Crippen LogP contribution in [0.1, 0.15) is 45.7 Å². The lowest BCUT2D eigenvalue weighted by atomic mass is 9.90. The number of hydrogen-bond donors (Lipinski definition) is 2. The second-order valence-corrected chi connectivity index (χ2v) is 6.32. The van der Waals surface area contributed by atoms with Gasteiger partial charge in [-0.3, -0.25) is 9.67 Å². The highest BCUT2D eigenvalue weighted by Crippen LogP contribution is 2.21. The van der Waals surface area contributed by atoms with E-state index in [9.17, 15) is 0 Å². The maximum atomic E-state index is 4.23. The Morgan fingerprint density at radius 1 is 1.30 bits per heavy atom. The zero-order chi connectivity index (χ0) is 15.0. The van der Waals surface area contributed by atoms with Crippen LogP contribution < -0.4 is 10.6 Å². The Morgan fingerprint density at radius 3 is 2.60 bits per heavy atom. The fraction of sp³-hybridized carbons (Fsp3) is 0.733. The molecule has 0 aliphatic heterocycles. The van der Waals surface area contributed by atoms with Crippen molar-refractivity contribution in [2.24, 2.45) is 17.5 Å². The summed E-state index contributed by atoms with van der Waals surface area (Å²) in [5, 5.41) is 10.8. The Bertz CT molecular complexity index is 414. The van der Waals surface area contributed by atoms with Crippen molar-refractivity contribution in [2.75, 3.05) is 13.6 Å². The molecular formula is C15H29N5. The number of aromatic nitrogens is 2. The van der Waals surface area contributed by atoms with Crippen molar-refractivity contribution < 1.29 is 0 Å². The van der Waals surface area contributed by atoms with E-state index in [0.29, 0.717) is 5.41 Å². The van der Waals surface area contributed by atoms with Crippen molar-refractivity contribution in [1.82, 2.24) is 20.4 Å². The minimum Gasteiger partial charge on any atom is -0.356 e. The molecule has 0 radical (unpaired) electrons. The van der Waals surface area contributed by atoms with Gasteiger partial charge in [0.1, 0.15) is 0 Å². The molecule has 0 atom stereocenters. The third-order valence-corrected chi connectivity index (χ3v) is 3.23. The molecule has 0 unspecified atom stereocenters. The highest BCUT2D eigenvalue weighted by Gasteiger charge is 2.08. The quantitative estimate of drug-likeness (QED) is 0.477. The molecule has 0 saturated carbocycles. The summed E-state index contributed by atoms with van der Waals surface area (Å²) >= 11 is 0. The van der Waals surface area contributed by atoms with Gasteiger partial charge in [-0.05, 0) is 24.3 Å². The largest absolute Gasteiger partial charge is 0.356 e. The van der Waals surface area contributed by atoms with Gasteiger partial charge in [0.25, 0.3) is 0 Å². The molecule has 0 bridgehead atoms. The van der Waals surface area contributed by atoms with Gasteiger partial charge >= 0.3 is 0 Å². The fourth-order valence-corrected chi connectivity index (χ4v) is 1.96. The van der Waals surface area contributed by atoms with E-state index in [1.165, 1.54) is 19.3 Å². The van der Waals surface area contributed by atoms with Gasteiger partial charge in [-0.1, -0.05) is 27.2 Å². The van der Waals surface area contributed by atoms with Gasteiger partial charge in [-0.25, -0.2) is 0 Å². The first-order valence-corrected chi connectivity index (χ1v) is 7.34. The molecule has 1 aromatic heterocycles. The van der Waals surface area contributed by atoms with Crippen LogP contribution in [0.25, 0.3) is 0 Å². The zero-order valence-electron chi connectivity index (χ0n) is 13.5. The third kappa shape index (κ3) is 6.59. The molecule has 0 aliphatic rings. The van der Waals surface area contributed by atoms with Crippen LogP contribution in [0.5, 0.6) is 0 Å². The lowest BCUT2D eigenvalue weighted by Crippen LogP contribution is -2.37. The molecule has 0 saturated heterocycles. The van der Waals surface area contributed by atoms with Gasteiger partial charge in [0.05, 0.1) is 12.2 Å². The number of unbranched alkanes of at least 4 members (excludes halogenated alkanes) is 1. The number of aliphatic imine (C=N–C) groups is 1.